The Bertz CT molecular complexity index is 1290. The second kappa shape index (κ2) is 11.5. The largest absolute Gasteiger partial charge is 0.380 e. The molecule has 0 aliphatic carbocycles. The monoisotopic (exact) mass is 511 g/mol. The lowest BCUT2D eigenvalue weighted by molar-refractivity contribution is -0.120. The van der Waals surface area contributed by atoms with Gasteiger partial charge in [-0.1, -0.05) is 36.4 Å². The van der Waals surface area contributed by atoms with Crippen LogP contribution in [-0.4, -0.2) is 50.4 Å². The van der Waals surface area contributed by atoms with Gasteiger partial charge < -0.3 is 10.1 Å². The standard InChI is InChI=1S/C26H26FN3O5S/c27-21-9-7-20(8-10-21)26(32)29-23(14-18-4-2-1-3-5-18)24(31)15-19-6-11-25(28-16-19)36(33,34)30-22-12-13-35-17-22/h1-11,16,22-23,30H,12-15,17H2,(H,29,32)/t22-,23+/m1/s1. The number of ketones is 1. The van der Waals surface area contributed by atoms with E-state index in [2.05, 4.69) is 15.0 Å². The van der Waals surface area contributed by atoms with E-state index in [1.165, 1.54) is 42.6 Å². The Morgan fingerprint density at radius 1 is 1.03 bits per heavy atom. The third kappa shape index (κ3) is 6.81. The van der Waals surface area contributed by atoms with Crippen LogP contribution in [-0.2, 0) is 32.4 Å². The molecule has 2 atom stereocenters. The van der Waals surface area contributed by atoms with Crippen LogP contribution in [0.4, 0.5) is 4.39 Å². The second-order valence-electron chi connectivity index (χ2n) is 8.55. The van der Waals surface area contributed by atoms with Crippen LogP contribution in [0.3, 0.4) is 0 Å². The number of hydrogen-bond donors (Lipinski definition) is 2. The highest BCUT2D eigenvalue weighted by Crippen LogP contribution is 2.13. The lowest BCUT2D eigenvalue weighted by atomic mass is 9.98. The molecule has 0 radical (unpaired) electrons. The minimum Gasteiger partial charge on any atom is -0.380 e. The second-order valence-corrected chi connectivity index (χ2v) is 10.2. The van der Waals surface area contributed by atoms with Gasteiger partial charge in [0.1, 0.15) is 5.82 Å². The van der Waals surface area contributed by atoms with Gasteiger partial charge in [0.2, 0.25) is 0 Å². The minimum absolute atomic E-state index is 0.0571. The zero-order chi connectivity index (χ0) is 25.5. The number of carbonyl (C=O) groups excluding carboxylic acids is 2. The zero-order valence-corrected chi connectivity index (χ0v) is 20.2. The van der Waals surface area contributed by atoms with Crippen LogP contribution in [0.15, 0.2) is 78.0 Å². The van der Waals surface area contributed by atoms with Crippen molar-refractivity contribution in [1.29, 1.82) is 0 Å². The van der Waals surface area contributed by atoms with Crippen molar-refractivity contribution in [2.45, 2.75) is 36.4 Å². The maximum atomic E-state index is 13.2. The maximum Gasteiger partial charge on any atom is 0.258 e. The van der Waals surface area contributed by atoms with Gasteiger partial charge in [-0.25, -0.2) is 22.5 Å². The third-order valence-corrected chi connectivity index (χ3v) is 7.22. The highest BCUT2D eigenvalue weighted by Gasteiger charge is 2.25. The summed E-state index contributed by atoms with van der Waals surface area (Å²) in [5, 5.41) is 2.61. The summed E-state index contributed by atoms with van der Waals surface area (Å²) >= 11 is 0. The molecule has 188 valence electrons. The molecule has 3 aromatic rings. The van der Waals surface area contributed by atoms with Crippen molar-refractivity contribution >= 4 is 21.7 Å². The summed E-state index contributed by atoms with van der Waals surface area (Å²) in [6, 6.07) is 16.1. The Kier molecular flexibility index (Phi) is 8.19. The van der Waals surface area contributed by atoms with Gasteiger partial charge in [-0.15, -0.1) is 0 Å². The highest BCUT2D eigenvalue weighted by molar-refractivity contribution is 7.89. The lowest BCUT2D eigenvalue weighted by Gasteiger charge is -2.18. The van der Waals surface area contributed by atoms with Crippen molar-refractivity contribution in [3.05, 3.63) is 95.4 Å². The fourth-order valence-electron chi connectivity index (χ4n) is 3.84. The van der Waals surface area contributed by atoms with Gasteiger partial charge in [-0.2, -0.15) is 0 Å². The molecule has 1 aliphatic heterocycles. The van der Waals surface area contributed by atoms with Gasteiger partial charge in [0.25, 0.3) is 15.9 Å². The number of carbonyl (C=O) groups is 2. The number of halogens is 1. The molecule has 2 N–H and O–H groups in total. The summed E-state index contributed by atoms with van der Waals surface area (Å²) < 4.78 is 46.1. The maximum absolute atomic E-state index is 13.2. The Morgan fingerprint density at radius 2 is 1.78 bits per heavy atom. The van der Waals surface area contributed by atoms with E-state index in [1.54, 1.807) is 0 Å². The van der Waals surface area contributed by atoms with Crippen LogP contribution >= 0.6 is 0 Å². The van der Waals surface area contributed by atoms with Gasteiger partial charge in [0, 0.05) is 30.8 Å². The summed E-state index contributed by atoms with van der Waals surface area (Å²) in [4.78, 5) is 30.0. The number of benzene rings is 2. The van der Waals surface area contributed by atoms with E-state index in [-0.39, 0.29) is 35.3 Å². The molecular formula is C26H26FN3O5S. The number of ether oxygens (including phenoxy) is 1. The van der Waals surface area contributed by atoms with Gasteiger partial charge in [-0.3, -0.25) is 9.59 Å². The van der Waals surface area contributed by atoms with E-state index < -0.39 is 27.8 Å². The summed E-state index contributed by atoms with van der Waals surface area (Å²) in [7, 11) is -3.81. The molecule has 1 amide bonds. The van der Waals surface area contributed by atoms with Crippen molar-refractivity contribution in [3.63, 3.8) is 0 Å². The predicted octanol–water partition coefficient (Wildman–Crippen LogP) is 2.44. The predicted molar refractivity (Wildman–Crippen MR) is 130 cm³/mol. The van der Waals surface area contributed by atoms with Gasteiger partial charge in [0.05, 0.1) is 12.6 Å². The topological polar surface area (TPSA) is 114 Å². The zero-order valence-electron chi connectivity index (χ0n) is 19.4. The van der Waals surface area contributed by atoms with Crippen LogP contribution in [0.25, 0.3) is 0 Å². The first kappa shape index (κ1) is 25.6. The average Bonchev–Trinajstić information content (AvgIpc) is 3.37. The van der Waals surface area contributed by atoms with E-state index >= 15 is 0 Å². The molecule has 8 nitrogen and oxygen atoms in total. The molecular weight excluding hydrogens is 485 g/mol. The van der Waals surface area contributed by atoms with Crippen LogP contribution in [0.1, 0.15) is 27.9 Å². The van der Waals surface area contributed by atoms with Crippen molar-refractivity contribution in [3.8, 4) is 0 Å². The first-order valence-electron chi connectivity index (χ1n) is 11.5. The van der Waals surface area contributed by atoms with Crippen molar-refractivity contribution in [1.82, 2.24) is 15.0 Å². The van der Waals surface area contributed by atoms with Gasteiger partial charge in [0.15, 0.2) is 10.8 Å². The van der Waals surface area contributed by atoms with E-state index in [9.17, 15) is 22.4 Å². The van der Waals surface area contributed by atoms with Gasteiger partial charge >= 0.3 is 0 Å². The van der Waals surface area contributed by atoms with Crippen molar-refractivity contribution in [2.24, 2.45) is 0 Å². The summed E-state index contributed by atoms with van der Waals surface area (Å²) in [5.41, 5.74) is 1.60. The van der Waals surface area contributed by atoms with Crippen LogP contribution in [0, 0.1) is 5.82 Å². The molecule has 36 heavy (non-hydrogen) atoms. The first-order chi connectivity index (χ1) is 17.3. The molecule has 2 aromatic carbocycles. The molecule has 0 saturated carbocycles. The number of pyridine rings is 1. The molecule has 0 spiro atoms. The fraction of sp³-hybridized carbons (Fsp3) is 0.269. The molecule has 1 saturated heterocycles. The van der Waals surface area contributed by atoms with Crippen LogP contribution in [0.5, 0.6) is 0 Å². The summed E-state index contributed by atoms with van der Waals surface area (Å²) in [6.45, 7) is 0.821. The first-order valence-corrected chi connectivity index (χ1v) is 13.0. The Morgan fingerprint density at radius 3 is 2.42 bits per heavy atom. The van der Waals surface area contributed by atoms with Crippen LogP contribution < -0.4 is 10.0 Å². The number of amides is 1. The molecule has 0 bridgehead atoms. The van der Waals surface area contributed by atoms with E-state index in [4.69, 9.17) is 4.74 Å². The molecule has 1 aromatic heterocycles. The number of rotatable bonds is 10. The average molecular weight is 512 g/mol. The van der Waals surface area contributed by atoms with E-state index in [1.807, 2.05) is 30.3 Å². The number of sulfonamides is 1. The van der Waals surface area contributed by atoms with E-state index in [0.717, 1.165) is 5.56 Å². The highest BCUT2D eigenvalue weighted by atomic mass is 32.2. The molecule has 10 heteroatoms. The normalized spacial score (nSPS) is 16.4. The van der Waals surface area contributed by atoms with E-state index in [0.29, 0.717) is 25.2 Å². The van der Waals surface area contributed by atoms with Crippen molar-refractivity contribution in [2.75, 3.05) is 13.2 Å². The minimum atomic E-state index is -3.81. The SMILES string of the molecule is O=C(N[C@@H](Cc1ccccc1)C(=O)Cc1ccc(S(=O)(=O)N[C@@H]2CCOC2)nc1)c1ccc(F)cc1. The smallest absolute Gasteiger partial charge is 0.258 e. The Balaban J connectivity index is 1.46. The molecule has 4 rings (SSSR count). The number of hydrogen-bond acceptors (Lipinski definition) is 6. The molecule has 2 heterocycles. The molecule has 1 aliphatic rings. The number of nitrogens with one attached hydrogen (secondary N) is 2. The number of nitrogens with zero attached hydrogens (tertiary/aromatic N) is 1. The Hall–Kier alpha value is -3.47. The summed E-state index contributed by atoms with van der Waals surface area (Å²) in [6.07, 6.45) is 2.15. The molecule has 0 unspecified atom stereocenters. The van der Waals surface area contributed by atoms with Crippen molar-refractivity contribution < 1.29 is 27.1 Å². The lowest BCUT2D eigenvalue weighted by Crippen LogP contribution is -2.43. The molecule has 1 fully saturated rings. The summed E-state index contributed by atoms with van der Waals surface area (Å²) in [5.74, 6) is -1.23. The number of Topliss-reactive ketones (excluding diaryl/α,β-unsaturated/α-hetero) is 1. The fourth-order valence-corrected chi connectivity index (χ4v) is 5.03. The van der Waals surface area contributed by atoms with Gasteiger partial charge in [-0.05, 0) is 54.3 Å². The quantitative estimate of drug-likeness (QED) is 0.432. The number of aromatic nitrogens is 1. The van der Waals surface area contributed by atoms with Crippen LogP contribution in [0.2, 0.25) is 0 Å². The Labute approximate surface area is 209 Å². The third-order valence-electron chi connectivity index (χ3n) is 5.79.